The van der Waals surface area contributed by atoms with Crippen LogP contribution >= 0.6 is 0 Å². The van der Waals surface area contributed by atoms with E-state index in [1.807, 2.05) is 6.92 Å². The molecule has 1 aromatic carbocycles. The number of aliphatic carboxylic acids is 1. The number of rotatable bonds is 8. The number of amides is 2. The molecular weight excluding hydrogens is 272 g/mol. The van der Waals surface area contributed by atoms with Crippen LogP contribution < -0.4 is 10.6 Å². The number of nitrogens with one attached hydrogen (secondary N) is 2. The smallest absolute Gasteiger partial charge is 0.307 e. The Morgan fingerprint density at radius 2 is 1.67 bits per heavy atom. The number of carbonyl (C=O) groups is 3. The molecular formula is C15H20N2O4. The maximum absolute atomic E-state index is 11.7. The van der Waals surface area contributed by atoms with Crippen LogP contribution in [0.4, 0.5) is 5.69 Å². The van der Waals surface area contributed by atoms with Gasteiger partial charge in [0.25, 0.3) is 0 Å². The van der Waals surface area contributed by atoms with E-state index in [4.69, 9.17) is 5.11 Å². The third-order valence-electron chi connectivity index (χ3n) is 2.77. The molecule has 0 aliphatic carbocycles. The highest BCUT2D eigenvalue weighted by atomic mass is 16.4. The van der Waals surface area contributed by atoms with Gasteiger partial charge in [0.15, 0.2) is 0 Å². The van der Waals surface area contributed by atoms with Crippen molar-refractivity contribution >= 4 is 23.5 Å². The van der Waals surface area contributed by atoms with Crippen molar-refractivity contribution in [2.24, 2.45) is 0 Å². The van der Waals surface area contributed by atoms with Gasteiger partial charge in [-0.05, 0) is 31.0 Å². The molecule has 0 spiro atoms. The van der Waals surface area contributed by atoms with Gasteiger partial charge in [0.05, 0.1) is 6.42 Å². The van der Waals surface area contributed by atoms with E-state index in [1.165, 1.54) is 0 Å². The lowest BCUT2D eigenvalue weighted by Crippen LogP contribution is -2.22. The number of benzene rings is 1. The van der Waals surface area contributed by atoms with E-state index in [1.54, 1.807) is 24.3 Å². The van der Waals surface area contributed by atoms with E-state index >= 15 is 0 Å². The Bertz CT molecular complexity index is 497. The van der Waals surface area contributed by atoms with Gasteiger partial charge in [-0.2, -0.15) is 0 Å². The molecule has 0 saturated heterocycles. The molecule has 1 aromatic rings. The van der Waals surface area contributed by atoms with Crippen molar-refractivity contribution in [2.75, 3.05) is 11.9 Å². The first-order valence-corrected chi connectivity index (χ1v) is 6.88. The summed E-state index contributed by atoms with van der Waals surface area (Å²) < 4.78 is 0. The fourth-order valence-electron chi connectivity index (χ4n) is 1.80. The summed E-state index contributed by atoms with van der Waals surface area (Å²) in [6.07, 6.45) is 1.06. The van der Waals surface area contributed by atoms with Crippen molar-refractivity contribution in [3.63, 3.8) is 0 Å². The number of carbonyl (C=O) groups excluding carboxylic acids is 2. The van der Waals surface area contributed by atoms with Gasteiger partial charge in [-0.25, -0.2) is 0 Å². The van der Waals surface area contributed by atoms with Crippen molar-refractivity contribution in [1.82, 2.24) is 5.32 Å². The van der Waals surface area contributed by atoms with E-state index in [0.717, 1.165) is 0 Å². The Morgan fingerprint density at radius 1 is 1.05 bits per heavy atom. The summed E-state index contributed by atoms with van der Waals surface area (Å²) in [5.74, 6) is -1.11. The van der Waals surface area contributed by atoms with Crippen LogP contribution in [0.25, 0.3) is 0 Å². The minimum Gasteiger partial charge on any atom is -0.481 e. The van der Waals surface area contributed by atoms with Gasteiger partial charge in [-0.15, -0.1) is 0 Å². The lowest BCUT2D eigenvalue weighted by atomic mass is 10.1. The molecule has 21 heavy (non-hydrogen) atoms. The summed E-state index contributed by atoms with van der Waals surface area (Å²) in [5.41, 5.74) is 1.30. The average molecular weight is 292 g/mol. The molecule has 0 unspecified atom stereocenters. The van der Waals surface area contributed by atoms with Gasteiger partial charge in [0, 0.05) is 25.1 Å². The first-order chi connectivity index (χ1) is 10.0. The maximum atomic E-state index is 11.7. The van der Waals surface area contributed by atoms with Crippen LogP contribution in [0.5, 0.6) is 0 Å². The maximum Gasteiger partial charge on any atom is 0.307 e. The molecule has 0 heterocycles. The van der Waals surface area contributed by atoms with Crippen LogP contribution in [0.2, 0.25) is 0 Å². The molecule has 0 aliphatic heterocycles. The molecule has 1 rings (SSSR count). The topological polar surface area (TPSA) is 95.5 Å². The first kappa shape index (κ1) is 16.7. The fourth-order valence-corrected chi connectivity index (χ4v) is 1.80. The van der Waals surface area contributed by atoms with Crippen LogP contribution in [-0.2, 0) is 20.8 Å². The summed E-state index contributed by atoms with van der Waals surface area (Å²) in [4.78, 5) is 33.4. The monoisotopic (exact) mass is 292 g/mol. The Kier molecular flexibility index (Phi) is 6.94. The summed E-state index contributed by atoms with van der Waals surface area (Å²) >= 11 is 0. The van der Waals surface area contributed by atoms with Gasteiger partial charge >= 0.3 is 5.97 Å². The highest BCUT2D eigenvalue weighted by Crippen LogP contribution is 2.11. The van der Waals surface area contributed by atoms with Crippen molar-refractivity contribution in [1.29, 1.82) is 0 Å². The van der Waals surface area contributed by atoms with E-state index in [-0.39, 0.29) is 24.7 Å². The number of hydrogen-bond donors (Lipinski definition) is 3. The Labute approximate surface area is 123 Å². The molecule has 0 bridgehead atoms. The summed E-state index contributed by atoms with van der Waals surface area (Å²) in [5, 5.41) is 14.0. The first-order valence-electron chi connectivity index (χ1n) is 6.88. The van der Waals surface area contributed by atoms with Crippen molar-refractivity contribution < 1.29 is 19.5 Å². The van der Waals surface area contributed by atoms with Crippen LogP contribution in [-0.4, -0.2) is 29.4 Å². The average Bonchev–Trinajstić information content (AvgIpc) is 2.40. The van der Waals surface area contributed by atoms with Gasteiger partial charge in [0.2, 0.25) is 11.8 Å². The lowest BCUT2D eigenvalue weighted by Gasteiger charge is -2.06. The second-order valence-electron chi connectivity index (χ2n) is 4.62. The molecule has 114 valence electrons. The van der Waals surface area contributed by atoms with Crippen LogP contribution in [0.15, 0.2) is 24.3 Å². The van der Waals surface area contributed by atoms with E-state index in [2.05, 4.69) is 10.6 Å². The normalized spacial score (nSPS) is 9.95. The molecule has 0 saturated carbocycles. The minimum absolute atomic E-state index is 0.0409. The van der Waals surface area contributed by atoms with E-state index in [9.17, 15) is 14.4 Å². The van der Waals surface area contributed by atoms with Gasteiger partial charge in [-0.1, -0.05) is 12.1 Å². The molecule has 6 heteroatoms. The number of carboxylic acid groups (broad SMARTS) is 1. The van der Waals surface area contributed by atoms with Gasteiger partial charge in [0.1, 0.15) is 0 Å². The summed E-state index contributed by atoms with van der Waals surface area (Å²) in [7, 11) is 0. The van der Waals surface area contributed by atoms with Gasteiger partial charge < -0.3 is 15.7 Å². The Balaban J connectivity index is 2.34. The van der Waals surface area contributed by atoms with Crippen LogP contribution in [0, 0.1) is 0 Å². The van der Waals surface area contributed by atoms with Crippen LogP contribution in [0.1, 0.15) is 31.7 Å². The standard InChI is InChI=1S/C15H20N2O4/c1-2-16-13(18)4-3-5-14(19)17-12-8-6-11(7-9-12)10-15(20)21/h6-9H,2-5,10H2,1H3,(H,16,18)(H,17,19)(H,20,21). The molecule has 0 atom stereocenters. The second-order valence-corrected chi connectivity index (χ2v) is 4.62. The Morgan fingerprint density at radius 3 is 2.24 bits per heavy atom. The minimum atomic E-state index is -0.892. The largest absolute Gasteiger partial charge is 0.481 e. The zero-order chi connectivity index (χ0) is 15.7. The van der Waals surface area contributed by atoms with Crippen molar-refractivity contribution in [3.8, 4) is 0 Å². The quantitative estimate of drug-likeness (QED) is 0.677. The van der Waals surface area contributed by atoms with Gasteiger partial charge in [-0.3, -0.25) is 14.4 Å². The van der Waals surface area contributed by atoms with Crippen molar-refractivity contribution in [2.45, 2.75) is 32.6 Å². The van der Waals surface area contributed by atoms with E-state index in [0.29, 0.717) is 30.6 Å². The zero-order valence-corrected chi connectivity index (χ0v) is 12.0. The fraction of sp³-hybridized carbons (Fsp3) is 0.400. The molecule has 0 aliphatic rings. The third kappa shape index (κ3) is 7.10. The molecule has 0 aromatic heterocycles. The lowest BCUT2D eigenvalue weighted by molar-refractivity contribution is -0.136. The molecule has 0 fully saturated rings. The van der Waals surface area contributed by atoms with Crippen LogP contribution in [0.3, 0.4) is 0 Å². The number of anilines is 1. The third-order valence-corrected chi connectivity index (χ3v) is 2.77. The number of carboxylic acids is 1. The predicted molar refractivity (Wildman–Crippen MR) is 78.9 cm³/mol. The molecule has 3 N–H and O–H groups in total. The molecule has 6 nitrogen and oxygen atoms in total. The van der Waals surface area contributed by atoms with Crippen molar-refractivity contribution in [3.05, 3.63) is 29.8 Å². The summed E-state index contributed by atoms with van der Waals surface area (Å²) in [6, 6.07) is 6.66. The predicted octanol–water partition coefficient (Wildman–Crippen LogP) is 1.56. The molecule has 2 amide bonds. The second kappa shape index (κ2) is 8.73. The zero-order valence-electron chi connectivity index (χ0n) is 12.0. The molecule has 0 radical (unpaired) electrons. The highest BCUT2D eigenvalue weighted by Gasteiger charge is 2.06. The summed E-state index contributed by atoms with van der Waals surface area (Å²) in [6.45, 7) is 2.44. The highest BCUT2D eigenvalue weighted by molar-refractivity contribution is 5.91. The SMILES string of the molecule is CCNC(=O)CCCC(=O)Nc1ccc(CC(=O)O)cc1. The number of hydrogen-bond acceptors (Lipinski definition) is 3. The van der Waals surface area contributed by atoms with E-state index < -0.39 is 5.97 Å². The Hall–Kier alpha value is -2.37.